The van der Waals surface area contributed by atoms with Crippen molar-refractivity contribution in [3.63, 3.8) is 0 Å². The van der Waals surface area contributed by atoms with Crippen LogP contribution in [-0.4, -0.2) is 367 Å². The van der Waals surface area contributed by atoms with Crippen LogP contribution in [0.5, 0.6) is 63.2 Å². The van der Waals surface area contributed by atoms with E-state index in [9.17, 15) is 29.7 Å². The van der Waals surface area contributed by atoms with Crippen molar-refractivity contribution in [2.45, 2.75) is 71.1 Å². The molecule has 6 aromatic carbocycles. The van der Waals surface area contributed by atoms with Crippen molar-refractivity contribution in [1.29, 1.82) is 0 Å². The van der Waals surface area contributed by atoms with E-state index in [0.29, 0.717) is 258 Å². The van der Waals surface area contributed by atoms with Gasteiger partial charge in [0.2, 0.25) is 17.4 Å². The fraction of sp³-hybridized carbons (Fsp3) is 0.546. The smallest absolute Gasteiger partial charge is 0.255 e. The van der Waals surface area contributed by atoms with Gasteiger partial charge in [-0.2, -0.15) is 0 Å². The van der Waals surface area contributed by atoms with E-state index < -0.39 is 23.1 Å². The number of phenolic OH excluding ortho intramolecular Hbond substituents is 3. The topological polar surface area (TPSA) is 468 Å². The molecule has 0 saturated heterocycles. The van der Waals surface area contributed by atoms with E-state index in [1.54, 1.807) is 103 Å². The zero-order valence-corrected chi connectivity index (χ0v) is 86.9. The number of hydrogen-bond donors (Lipinski definition) is 8. The molecule has 3 heterocycles. The fourth-order valence-corrected chi connectivity index (χ4v) is 15.2. The predicted octanol–water partition coefficient (Wildman–Crippen LogP) is 10.6. The molecule has 0 saturated carbocycles. The second-order valence-electron chi connectivity index (χ2n) is 33.7. The number of ether oxygens (including phenoxy) is 26. The average molecular weight is 2090 g/mol. The Kier molecular flexibility index (Phi) is 60.4. The van der Waals surface area contributed by atoms with Crippen LogP contribution in [0.3, 0.4) is 0 Å². The van der Waals surface area contributed by atoms with Crippen molar-refractivity contribution in [3.05, 3.63) is 167 Å². The Morgan fingerprint density at radius 3 is 0.826 bits per heavy atom. The van der Waals surface area contributed by atoms with Crippen molar-refractivity contribution in [2.24, 2.45) is 5.41 Å². The third-order valence-corrected chi connectivity index (χ3v) is 22.8. The van der Waals surface area contributed by atoms with Crippen LogP contribution in [0.4, 0.5) is 0 Å². The number of nitrogens with one attached hydrogen (secondary N) is 5. The summed E-state index contributed by atoms with van der Waals surface area (Å²) < 4.78 is 153. The van der Waals surface area contributed by atoms with Gasteiger partial charge in [-0.3, -0.25) is 34.1 Å². The van der Waals surface area contributed by atoms with Crippen LogP contribution in [0.2, 0.25) is 0 Å². The summed E-state index contributed by atoms with van der Waals surface area (Å²) >= 11 is 0. The number of methoxy groups -OCH3 is 6. The first kappa shape index (κ1) is 121. The third kappa shape index (κ3) is 45.7. The molecule has 149 heavy (non-hydrogen) atoms. The lowest BCUT2D eigenvalue weighted by atomic mass is 9.74. The Labute approximate surface area is 871 Å². The number of aromatic hydroxyl groups is 3. The highest BCUT2D eigenvalue weighted by Crippen LogP contribution is 2.43. The number of aromatic nitrogens is 3. The minimum Gasteiger partial charge on any atom is -0.505 e. The SMILES string of the molecule is COCCOCCOCCOc1cc(COc2cc(CNCCCCNC(=O)C(CCCNC(=O)c3ccc4cccnc4c3O)(CCCNC(=O)c3ccc4cccnc4c3O)CCCNC(=O)c3ccc4cccnc4c3O)cc(OCc3cc(OCCOCCOCCOC)c(OCCOCCOCCOC)c(OCCOCCOCCOC)c3)c2)cc(OCCOCCOCCOC)c1OCCOCCOCCOC. The molecule has 41 nitrogen and oxygen atoms in total. The molecule has 41 heteroatoms. The lowest BCUT2D eigenvalue weighted by Gasteiger charge is -2.33. The lowest BCUT2D eigenvalue weighted by Crippen LogP contribution is -2.43. The Hall–Kier alpha value is -11.5. The molecule has 0 aliphatic heterocycles. The van der Waals surface area contributed by atoms with Crippen LogP contribution < -0.4 is 64.5 Å². The molecule has 0 spiro atoms. The summed E-state index contributed by atoms with van der Waals surface area (Å²) in [6, 6.07) is 33.1. The molecule has 9 rings (SSSR count). The molecule has 8 N–H and O–H groups in total. The van der Waals surface area contributed by atoms with E-state index in [4.69, 9.17) is 123 Å². The number of pyridine rings is 3. The van der Waals surface area contributed by atoms with E-state index in [1.807, 2.05) is 36.4 Å². The number of rotatable bonds is 89. The van der Waals surface area contributed by atoms with Crippen LogP contribution in [0.15, 0.2) is 134 Å². The van der Waals surface area contributed by atoms with Gasteiger partial charge >= 0.3 is 0 Å². The summed E-state index contributed by atoms with van der Waals surface area (Å²) in [5.74, 6) is 0.0791. The van der Waals surface area contributed by atoms with Crippen molar-refractivity contribution < 1.29 is 158 Å². The molecular weight excluding hydrogens is 1940 g/mol. The van der Waals surface area contributed by atoms with Crippen molar-refractivity contribution in [1.82, 2.24) is 41.5 Å². The molecule has 0 unspecified atom stereocenters. The van der Waals surface area contributed by atoms with Gasteiger partial charge in [-0.15, -0.1) is 0 Å². The number of unbranched alkanes of at least 4 members (excludes halogenated alkanes) is 1. The summed E-state index contributed by atoms with van der Waals surface area (Å²) in [5, 5.41) is 51.4. The minimum atomic E-state index is -1.18. The molecule has 0 fully saturated rings. The number of phenols is 3. The summed E-state index contributed by atoms with van der Waals surface area (Å²) in [5.41, 5.74) is 1.73. The maximum atomic E-state index is 15.5. The van der Waals surface area contributed by atoms with Crippen molar-refractivity contribution in [3.8, 4) is 63.2 Å². The monoisotopic (exact) mass is 2090 g/mol. The minimum absolute atomic E-state index is 0.0251. The number of fused-ring (bicyclic) bond motifs is 3. The van der Waals surface area contributed by atoms with E-state index in [2.05, 4.69) is 41.5 Å². The second-order valence-corrected chi connectivity index (χ2v) is 33.7. The van der Waals surface area contributed by atoms with Gasteiger partial charge in [-0.1, -0.05) is 36.4 Å². The van der Waals surface area contributed by atoms with Crippen molar-refractivity contribution >= 4 is 56.3 Å². The number of carbonyl (C=O) groups is 4. The molecule has 4 amide bonds. The van der Waals surface area contributed by atoms with Gasteiger partial charge < -0.3 is 165 Å². The summed E-state index contributed by atoms with van der Waals surface area (Å²) in [7, 11) is 9.66. The Morgan fingerprint density at radius 2 is 0.537 bits per heavy atom. The van der Waals surface area contributed by atoms with E-state index >= 15 is 4.79 Å². The molecule has 822 valence electrons. The van der Waals surface area contributed by atoms with E-state index in [-0.39, 0.29) is 214 Å². The Morgan fingerprint density at radius 1 is 0.275 bits per heavy atom. The third-order valence-electron chi connectivity index (χ3n) is 22.8. The molecule has 0 bridgehead atoms. The molecule has 0 aliphatic carbocycles. The van der Waals surface area contributed by atoms with Gasteiger partial charge in [0, 0.05) is 122 Å². The van der Waals surface area contributed by atoms with E-state index in [0.717, 1.165) is 5.56 Å². The number of benzene rings is 6. The molecule has 0 radical (unpaired) electrons. The first-order valence-corrected chi connectivity index (χ1v) is 50.6. The summed E-state index contributed by atoms with van der Waals surface area (Å²) in [6.07, 6.45) is 7.20. The van der Waals surface area contributed by atoms with Gasteiger partial charge in [0.1, 0.15) is 80.9 Å². The lowest BCUT2D eigenvalue weighted by molar-refractivity contribution is -0.132. The summed E-state index contributed by atoms with van der Waals surface area (Å²) in [4.78, 5) is 70.2. The quantitative estimate of drug-likeness (QED) is 0.0164. The van der Waals surface area contributed by atoms with Crippen LogP contribution in [0.1, 0.15) is 99.1 Å². The van der Waals surface area contributed by atoms with Crippen LogP contribution >= 0.6 is 0 Å². The average Bonchev–Trinajstić information content (AvgIpc) is 0.770. The zero-order chi connectivity index (χ0) is 105. The highest BCUT2D eigenvalue weighted by Gasteiger charge is 2.38. The maximum Gasteiger partial charge on any atom is 0.255 e. The zero-order valence-electron chi connectivity index (χ0n) is 86.9. The largest absolute Gasteiger partial charge is 0.505 e. The van der Waals surface area contributed by atoms with Gasteiger partial charge in [0.25, 0.3) is 17.7 Å². The van der Waals surface area contributed by atoms with Gasteiger partial charge in [0.15, 0.2) is 40.2 Å². The number of carbonyl (C=O) groups excluding carboxylic acids is 4. The standard InChI is InChI=1S/C108H152N8O33/c1-124-35-41-130-47-53-136-59-65-142-92-73-82(74-93(143-66-60-137-54-48-131-42-36-125-2)102(92)146-69-63-140-57-51-134-45-39-128-5)79-148-87-71-81(72-88(77-87)149-80-83-75-94(144-67-61-138-55-49-132-43-37-126-3)103(147-70-64-141-58-52-135-46-40-129-6)95(76-83)145-68-62-139-56-50-133-44-38-127-4)78-109-27-7-8-28-116-107(123)108(24-12-32-113-104(120)89-21-18-84-15-9-29-110-96(84)99(89)117,25-13-33-114-105(121)90-22-19-85-16-10-30-111-97(85)100(90)118)26-14-34-115-106(122)91-23-20-86-17-11-31-112-98(86)101(91)119/h9-11,15-23,29-31,71-77,109,117-119H,7-8,12-14,24-28,32-70,78-80H2,1-6H3,(H,113,120)(H,114,121)(H,115,122)(H,116,123). The van der Waals surface area contributed by atoms with Crippen molar-refractivity contribution in [2.75, 3.05) is 313 Å². The first-order chi connectivity index (χ1) is 73.2. The molecule has 3 aromatic heterocycles. The van der Waals surface area contributed by atoms with Gasteiger partial charge in [0.05, 0.1) is 215 Å². The number of amides is 4. The first-order valence-electron chi connectivity index (χ1n) is 50.6. The predicted molar refractivity (Wildman–Crippen MR) is 553 cm³/mol. The fourth-order valence-electron chi connectivity index (χ4n) is 15.2. The van der Waals surface area contributed by atoms with Gasteiger partial charge in [-0.05, 0) is 147 Å². The van der Waals surface area contributed by atoms with Crippen LogP contribution in [0.25, 0.3) is 32.7 Å². The number of nitrogens with zero attached hydrogens (tertiary/aromatic N) is 3. The Balaban J connectivity index is 0.994. The second kappa shape index (κ2) is 74.4. The molecular formula is C108H152N8O33. The molecule has 9 aromatic rings. The normalized spacial score (nSPS) is 11.5. The summed E-state index contributed by atoms with van der Waals surface area (Å²) in [6.45, 7) is 12.4. The van der Waals surface area contributed by atoms with Crippen LogP contribution in [0, 0.1) is 5.41 Å². The highest BCUT2D eigenvalue weighted by molar-refractivity contribution is 6.04. The maximum absolute atomic E-state index is 15.5. The van der Waals surface area contributed by atoms with Crippen LogP contribution in [-0.2, 0) is 110 Å². The van der Waals surface area contributed by atoms with Gasteiger partial charge in [-0.25, -0.2) is 0 Å². The molecule has 0 aliphatic rings. The number of hydrogen-bond acceptors (Lipinski definition) is 37. The van der Waals surface area contributed by atoms with E-state index in [1.165, 1.54) is 36.8 Å². The molecule has 0 atom stereocenters. The highest BCUT2D eigenvalue weighted by atomic mass is 16.6. The Bertz CT molecular complexity index is 4790.